The number of aldehydes is 1. The first kappa shape index (κ1) is 15.2. The van der Waals surface area contributed by atoms with Gasteiger partial charge in [0.05, 0.1) is 6.10 Å². The van der Waals surface area contributed by atoms with Crippen LogP contribution in [-0.2, 0) is 4.79 Å². The predicted octanol–water partition coefficient (Wildman–Crippen LogP) is 4.21. The summed E-state index contributed by atoms with van der Waals surface area (Å²) in [4.78, 5) is 11.5. The van der Waals surface area contributed by atoms with Crippen LogP contribution in [-0.4, -0.2) is 17.5 Å². The number of carbonyl (C=O) groups excluding carboxylic acids is 1. The molecule has 4 fully saturated rings. The Hall–Kier alpha value is -0.370. The summed E-state index contributed by atoms with van der Waals surface area (Å²) in [5.41, 5.74) is 0.753. The lowest BCUT2D eigenvalue weighted by molar-refractivity contribution is -0.133. The van der Waals surface area contributed by atoms with Gasteiger partial charge in [-0.1, -0.05) is 13.8 Å². The zero-order chi connectivity index (χ0) is 15.5. The average molecular weight is 304 g/mol. The minimum absolute atomic E-state index is 0.0468. The normalized spacial score (nSPS) is 57.6. The Morgan fingerprint density at radius 2 is 1.64 bits per heavy atom. The Kier molecular flexibility index (Phi) is 3.49. The summed E-state index contributed by atoms with van der Waals surface area (Å²) in [7, 11) is 0. The highest BCUT2D eigenvalue weighted by Crippen LogP contribution is 2.67. The van der Waals surface area contributed by atoms with E-state index in [1.807, 2.05) is 0 Å². The summed E-state index contributed by atoms with van der Waals surface area (Å²) in [6.45, 7) is 4.95. The summed E-state index contributed by atoms with van der Waals surface area (Å²) in [6, 6.07) is 0. The fourth-order valence-corrected chi connectivity index (χ4v) is 7.50. The van der Waals surface area contributed by atoms with Gasteiger partial charge in [0.25, 0.3) is 0 Å². The first-order valence-electron chi connectivity index (χ1n) is 9.62. The number of fused-ring (bicyclic) bond motifs is 5. The lowest BCUT2D eigenvalue weighted by Gasteiger charge is -2.60. The summed E-state index contributed by atoms with van der Waals surface area (Å²) < 4.78 is 0. The first-order chi connectivity index (χ1) is 10.5. The van der Waals surface area contributed by atoms with Crippen LogP contribution >= 0.6 is 0 Å². The SMILES string of the molecule is C[C@]12CC[C@@H](O)C[C@H]1CC[C@@H]1[C@@H]2CC[C@]2(C)[C@@H](C=O)CC[C@@H]12. The lowest BCUT2D eigenvalue weighted by atomic mass is 9.45. The van der Waals surface area contributed by atoms with Crippen molar-refractivity contribution in [1.29, 1.82) is 0 Å². The van der Waals surface area contributed by atoms with Crippen molar-refractivity contribution in [1.82, 2.24) is 0 Å². The molecule has 0 spiro atoms. The molecule has 4 aliphatic carbocycles. The molecule has 22 heavy (non-hydrogen) atoms. The highest BCUT2D eigenvalue weighted by Gasteiger charge is 2.59. The van der Waals surface area contributed by atoms with Crippen molar-refractivity contribution in [3.8, 4) is 0 Å². The Morgan fingerprint density at radius 1 is 0.909 bits per heavy atom. The number of aliphatic hydroxyl groups is 1. The minimum atomic E-state index is -0.0468. The second kappa shape index (κ2) is 5.06. The molecule has 0 amide bonds. The number of hydrogen-bond acceptors (Lipinski definition) is 2. The van der Waals surface area contributed by atoms with Gasteiger partial charge in [0.2, 0.25) is 0 Å². The quantitative estimate of drug-likeness (QED) is 0.737. The molecule has 0 aromatic rings. The maximum absolute atomic E-state index is 11.5. The number of hydrogen-bond donors (Lipinski definition) is 1. The zero-order valence-corrected chi connectivity index (χ0v) is 14.3. The van der Waals surface area contributed by atoms with Crippen LogP contribution in [0.3, 0.4) is 0 Å². The van der Waals surface area contributed by atoms with E-state index in [2.05, 4.69) is 13.8 Å². The van der Waals surface area contributed by atoms with Crippen molar-refractivity contribution in [3.05, 3.63) is 0 Å². The van der Waals surface area contributed by atoms with E-state index in [0.29, 0.717) is 16.7 Å². The molecule has 0 saturated heterocycles. The van der Waals surface area contributed by atoms with E-state index in [1.54, 1.807) is 0 Å². The largest absolute Gasteiger partial charge is 0.393 e. The monoisotopic (exact) mass is 304 g/mol. The van der Waals surface area contributed by atoms with Crippen LogP contribution in [0.25, 0.3) is 0 Å². The van der Waals surface area contributed by atoms with Gasteiger partial charge in [-0.2, -0.15) is 0 Å². The fourth-order valence-electron chi connectivity index (χ4n) is 7.50. The van der Waals surface area contributed by atoms with Gasteiger partial charge in [-0.05, 0) is 92.3 Å². The van der Waals surface area contributed by atoms with Crippen molar-refractivity contribution < 1.29 is 9.90 Å². The third-order valence-corrected chi connectivity index (χ3v) is 8.88. The molecule has 0 aromatic heterocycles. The lowest BCUT2D eigenvalue weighted by Crippen LogP contribution is -2.54. The summed E-state index contributed by atoms with van der Waals surface area (Å²) >= 11 is 0. The van der Waals surface area contributed by atoms with Crippen LogP contribution in [0.4, 0.5) is 0 Å². The predicted molar refractivity (Wildman–Crippen MR) is 87.3 cm³/mol. The molecule has 0 aliphatic heterocycles. The van der Waals surface area contributed by atoms with Crippen molar-refractivity contribution in [2.75, 3.05) is 0 Å². The molecule has 2 nitrogen and oxygen atoms in total. The van der Waals surface area contributed by atoms with Gasteiger partial charge in [0.1, 0.15) is 6.29 Å². The molecular formula is C20H32O2. The van der Waals surface area contributed by atoms with Gasteiger partial charge in [0.15, 0.2) is 0 Å². The van der Waals surface area contributed by atoms with Gasteiger partial charge in [-0.3, -0.25) is 0 Å². The standard InChI is InChI=1S/C20H32O2/c1-19-9-7-15(22)11-13(19)3-5-16-17-6-4-14(12-21)20(17,2)10-8-18(16)19/h12-18,22H,3-11H2,1-2H3/t13-,14-,15-,16+,17+,18+,19+,20-/m1/s1. The molecule has 2 heteroatoms. The van der Waals surface area contributed by atoms with Crippen LogP contribution in [0, 0.1) is 40.4 Å². The van der Waals surface area contributed by atoms with Gasteiger partial charge in [-0.15, -0.1) is 0 Å². The number of carbonyl (C=O) groups is 1. The van der Waals surface area contributed by atoms with Gasteiger partial charge >= 0.3 is 0 Å². The van der Waals surface area contributed by atoms with E-state index in [0.717, 1.165) is 42.9 Å². The maximum atomic E-state index is 11.5. The smallest absolute Gasteiger partial charge is 0.123 e. The summed E-state index contributed by atoms with van der Waals surface area (Å²) in [5.74, 6) is 3.54. The topological polar surface area (TPSA) is 37.3 Å². The van der Waals surface area contributed by atoms with Crippen LogP contribution in [0.15, 0.2) is 0 Å². The van der Waals surface area contributed by atoms with Crippen LogP contribution in [0.1, 0.15) is 71.6 Å². The minimum Gasteiger partial charge on any atom is -0.393 e. The highest BCUT2D eigenvalue weighted by molar-refractivity contribution is 5.56. The van der Waals surface area contributed by atoms with E-state index in [9.17, 15) is 9.90 Å². The molecule has 4 rings (SSSR count). The van der Waals surface area contributed by atoms with Crippen molar-refractivity contribution in [2.24, 2.45) is 40.4 Å². The first-order valence-corrected chi connectivity index (χ1v) is 9.62. The molecule has 0 aromatic carbocycles. The van der Waals surface area contributed by atoms with Crippen molar-refractivity contribution >= 4 is 6.29 Å². The molecule has 1 N–H and O–H groups in total. The Morgan fingerprint density at radius 3 is 2.41 bits per heavy atom. The highest BCUT2D eigenvalue weighted by atomic mass is 16.3. The third kappa shape index (κ3) is 1.92. The fraction of sp³-hybridized carbons (Fsp3) is 0.950. The van der Waals surface area contributed by atoms with Gasteiger partial charge in [0, 0.05) is 5.92 Å². The Balaban J connectivity index is 1.62. The van der Waals surface area contributed by atoms with Crippen LogP contribution in [0.5, 0.6) is 0 Å². The summed E-state index contributed by atoms with van der Waals surface area (Å²) in [5, 5.41) is 10.1. The molecular weight excluding hydrogens is 272 g/mol. The van der Waals surface area contributed by atoms with E-state index >= 15 is 0 Å². The molecule has 0 bridgehead atoms. The van der Waals surface area contributed by atoms with E-state index < -0.39 is 0 Å². The zero-order valence-electron chi connectivity index (χ0n) is 14.3. The molecule has 0 radical (unpaired) electrons. The van der Waals surface area contributed by atoms with Crippen molar-refractivity contribution in [2.45, 2.75) is 77.7 Å². The van der Waals surface area contributed by atoms with Crippen LogP contribution in [0.2, 0.25) is 0 Å². The number of rotatable bonds is 1. The molecule has 4 aliphatic rings. The second-order valence-corrected chi connectivity index (χ2v) is 9.45. The average Bonchev–Trinajstić information content (AvgIpc) is 2.84. The van der Waals surface area contributed by atoms with Crippen LogP contribution < -0.4 is 0 Å². The summed E-state index contributed by atoms with van der Waals surface area (Å²) in [6.07, 6.45) is 12.2. The molecule has 8 atom stereocenters. The third-order valence-electron chi connectivity index (χ3n) is 8.88. The molecule has 0 unspecified atom stereocenters. The number of aliphatic hydroxyl groups excluding tert-OH is 1. The van der Waals surface area contributed by atoms with E-state index in [-0.39, 0.29) is 6.10 Å². The maximum Gasteiger partial charge on any atom is 0.123 e. The Bertz CT molecular complexity index is 461. The van der Waals surface area contributed by atoms with Gasteiger partial charge in [-0.25, -0.2) is 0 Å². The molecule has 4 saturated carbocycles. The second-order valence-electron chi connectivity index (χ2n) is 9.45. The molecule has 124 valence electrons. The molecule has 0 heterocycles. The van der Waals surface area contributed by atoms with E-state index in [1.165, 1.54) is 44.8 Å². The van der Waals surface area contributed by atoms with Crippen molar-refractivity contribution in [3.63, 3.8) is 0 Å². The Labute approximate surface area is 135 Å². The van der Waals surface area contributed by atoms with E-state index in [4.69, 9.17) is 0 Å². The van der Waals surface area contributed by atoms with Gasteiger partial charge < -0.3 is 9.90 Å².